The van der Waals surface area contributed by atoms with Crippen LogP contribution >= 0.6 is 22.6 Å². The number of pyridine rings is 1. The molecule has 0 spiro atoms. The molecule has 0 unspecified atom stereocenters. The predicted molar refractivity (Wildman–Crippen MR) is 52.2 cm³/mol. The minimum Gasteiger partial charge on any atom is -0.246 e. The van der Waals surface area contributed by atoms with E-state index in [4.69, 9.17) is 0 Å². The lowest BCUT2D eigenvalue weighted by Crippen LogP contribution is -2.27. The zero-order valence-electron chi connectivity index (χ0n) is 6.13. The Morgan fingerprint density at radius 1 is 1.55 bits per heavy atom. The second-order valence-electron chi connectivity index (χ2n) is 2.52. The third kappa shape index (κ3) is 1.03. The minimum absolute atomic E-state index is 1.18. The van der Waals surface area contributed by atoms with Gasteiger partial charge in [0.2, 0.25) is 0 Å². The van der Waals surface area contributed by atoms with Gasteiger partial charge in [0, 0.05) is 0 Å². The van der Waals surface area contributed by atoms with Crippen LogP contribution in [0, 0.1) is 3.57 Å². The zero-order chi connectivity index (χ0) is 7.84. The monoisotopic (exact) mass is 259 g/mol. The number of aryl methyl sites for hydroxylation is 1. The first-order valence-electron chi connectivity index (χ1n) is 3.40. The van der Waals surface area contributed by atoms with Gasteiger partial charge in [-0.05, 0) is 34.7 Å². The molecule has 0 aliphatic carbocycles. The highest BCUT2D eigenvalue weighted by molar-refractivity contribution is 14.1. The van der Waals surface area contributed by atoms with Crippen LogP contribution in [0.5, 0.6) is 0 Å². The Labute approximate surface area is 78.4 Å². The van der Waals surface area contributed by atoms with Gasteiger partial charge in [-0.25, -0.2) is 9.55 Å². The van der Waals surface area contributed by atoms with Crippen LogP contribution in [0.2, 0.25) is 0 Å². The van der Waals surface area contributed by atoms with Crippen molar-refractivity contribution in [1.82, 2.24) is 4.98 Å². The number of nitrogens with zero attached hydrogens (tertiary/aromatic N) is 1. The molecule has 2 aromatic heterocycles. The van der Waals surface area contributed by atoms with E-state index >= 15 is 0 Å². The highest BCUT2D eigenvalue weighted by Gasteiger charge is 2.07. The highest BCUT2D eigenvalue weighted by atomic mass is 127. The molecule has 56 valence electrons. The molecule has 0 bridgehead atoms. The average molecular weight is 259 g/mol. The Kier molecular flexibility index (Phi) is 1.60. The summed E-state index contributed by atoms with van der Waals surface area (Å²) in [7, 11) is 2.04. The Balaban J connectivity index is 2.94. The molecule has 2 rings (SSSR count). The van der Waals surface area contributed by atoms with Crippen LogP contribution in [0.3, 0.4) is 0 Å². The van der Waals surface area contributed by atoms with Crippen LogP contribution in [-0.2, 0) is 7.05 Å². The first-order chi connectivity index (χ1) is 5.29. The Morgan fingerprint density at radius 3 is 3.09 bits per heavy atom. The minimum atomic E-state index is 1.18. The summed E-state index contributed by atoms with van der Waals surface area (Å²) >= 11 is 2.33. The number of halogens is 1. The van der Waals surface area contributed by atoms with Crippen LogP contribution in [0.1, 0.15) is 0 Å². The second-order valence-corrected chi connectivity index (χ2v) is 3.68. The molecule has 1 N–H and O–H groups in total. The van der Waals surface area contributed by atoms with Crippen molar-refractivity contribution in [2.45, 2.75) is 0 Å². The maximum atomic E-state index is 3.21. The molecule has 0 saturated carbocycles. The van der Waals surface area contributed by atoms with E-state index in [0.717, 1.165) is 0 Å². The fourth-order valence-corrected chi connectivity index (χ4v) is 1.78. The number of H-pyrrole nitrogens is 1. The van der Waals surface area contributed by atoms with Crippen LogP contribution in [0.25, 0.3) is 11.0 Å². The molecule has 0 aromatic carbocycles. The molecule has 0 amide bonds. The fourth-order valence-electron chi connectivity index (χ4n) is 1.19. The van der Waals surface area contributed by atoms with E-state index in [2.05, 4.69) is 44.3 Å². The first kappa shape index (κ1) is 7.09. The van der Waals surface area contributed by atoms with Crippen molar-refractivity contribution in [3.8, 4) is 0 Å². The Morgan fingerprint density at radius 2 is 2.36 bits per heavy atom. The lowest BCUT2D eigenvalue weighted by Gasteiger charge is -1.89. The van der Waals surface area contributed by atoms with Crippen LogP contribution in [-0.4, -0.2) is 4.98 Å². The zero-order valence-corrected chi connectivity index (χ0v) is 8.29. The van der Waals surface area contributed by atoms with Gasteiger partial charge >= 0.3 is 0 Å². The third-order valence-electron chi connectivity index (χ3n) is 1.77. The van der Waals surface area contributed by atoms with E-state index < -0.39 is 0 Å². The maximum Gasteiger partial charge on any atom is 0.287 e. The van der Waals surface area contributed by atoms with Gasteiger partial charge in [0.25, 0.3) is 5.65 Å². The highest BCUT2D eigenvalue weighted by Crippen LogP contribution is 2.15. The lowest BCUT2D eigenvalue weighted by molar-refractivity contribution is -0.646. The fraction of sp³-hybridized carbons (Fsp3) is 0.125. The molecule has 2 heterocycles. The van der Waals surface area contributed by atoms with Crippen molar-refractivity contribution >= 4 is 33.6 Å². The molecule has 0 fully saturated rings. The summed E-state index contributed by atoms with van der Waals surface area (Å²) in [5.74, 6) is 0. The summed E-state index contributed by atoms with van der Waals surface area (Å²) in [6, 6.07) is 4.17. The molecule has 2 nitrogen and oxygen atoms in total. The molecular weight excluding hydrogens is 251 g/mol. The van der Waals surface area contributed by atoms with E-state index in [0.29, 0.717) is 0 Å². The topological polar surface area (TPSA) is 19.7 Å². The van der Waals surface area contributed by atoms with Crippen molar-refractivity contribution in [3.63, 3.8) is 0 Å². The number of rotatable bonds is 0. The molecular formula is C8H8IN2+. The number of aromatic nitrogens is 2. The van der Waals surface area contributed by atoms with Crippen molar-refractivity contribution in [2.75, 3.05) is 0 Å². The summed E-state index contributed by atoms with van der Waals surface area (Å²) in [4.78, 5) is 3.21. The van der Waals surface area contributed by atoms with Gasteiger partial charge in [-0.2, -0.15) is 0 Å². The van der Waals surface area contributed by atoms with E-state index in [1.54, 1.807) is 0 Å². The van der Waals surface area contributed by atoms with Gasteiger partial charge < -0.3 is 0 Å². The molecule has 0 atom stereocenters. The molecule has 11 heavy (non-hydrogen) atoms. The van der Waals surface area contributed by atoms with Crippen molar-refractivity contribution < 1.29 is 4.57 Å². The SMILES string of the molecule is C[n+]1cccc2c(I)c[nH]c21. The van der Waals surface area contributed by atoms with E-state index in [-0.39, 0.29) is 0 Å². The smallest absolute Gasteiger partial charge is 0.246 e. The van der Waals surface area contributed by atoms with Gasteiger partial charge in [0.05, 0.1) is 22.2 Å². The molecule has 0 saturated heterocycles. The van der Waals surface area contributed by atoms with Gasteiger partial charge in [-0.3, -0.25) is 0 Å². The van der Waals surface area contributed by atoms with Gasteiger partial charge in [0.15, 0.2) is 0 Å². The normalized spacial score (nSPS) is 10.7. The summed E-state index contributed by atoms with van der Waals surface area (Å²) in [5.41, 5.74) is 1.18. The summed E-state index contributed by atoms with van der Waals surface area (Å²) in [5, 5.41) is 1.29. The quantitative estimate of drug-likeness (QED) is 0.547. The van der Waals surface area contributed by atoms with Crippen molar-refractivity contribution in [1.29, 1.82) is 0 Å². The number of nitrogens with one attached hydrogen (secondary N) is 1. The van der Waals surface area contributed by atoms with E-state index in [1.165, 1.54) is 14.6 Å². The lowest BCUT2D eigenvalue weighted by atomic mass is 10.3. The number of fused-ring (bicyclic) bond motifs is 1. The van der Waals surface area contributed by atoms with E-state index in [9.17, 15) is 0 Å². The predicted octanol–water partition coefficient (Wildman–Crippen LogP) is 1.60. The number of hydrogen-bond donors (Lipinski definition) is 1. The number of hydrogen-bond acceptors (Lipinski definition) is 0. The average Bonchev–Trinajstić information content (AvgIpc) is 2.35. The summed E-state index contributed by atoms with van der Waals surface area (Å²) < 4.78 is 3.35. The largest absolute Gasteiger partial charge is 0.287 e. The van der Waals surface area contributed by atoms with Crippen molar-refractivity contribution in [2.24, 2.45) is 7.05 Å². The van der Waals surface area contributed by atoms with Gasteiger partial charge in [-0.1, -0.05) is 0 Å². The van der Waals surface area contributed by atoms with Gasteiger partial charge in [0.1, 0.15) is 6.20 Å². The third-order valence-corrected chi connectivity index (χ3v) is 2.67. The van der Waals surface area contributed by atoms with Crippen LogP contribution in [0.4, 0.5) is 0 Å². The molecule has 2 aromatic rings. The Hall–Kier alpha value is -0.580. The summed E-state index contributed by atoms with van der Waals surface area (Å²) in [6.07, 6.45) is 4.06. The molecule has 0 aliphatic heterocycles. The van der Waals surface area contributed by atoms with Crippen LogP contribution in [0.15, 0.2) is 24.5 Å². The maximum absolute atomic E-state index is 3.21. The molecule has 0 radical (unpaired) electrons. The van der Waals surface area contributed by atoms with Gasteiger partial charge in [-0.15, -0.1) is 0 Å². The van der Waals surface area contributed by atoms with Crippen molar-refractivity contribution in [3.05, 3.63) is 28.1 Å². The first-order valence-corrected chi connectivity index (χ1v) is 4.48. The summed E-state index contributed by atoms with van der Waals surface area (Å²) in [6.45, 7) is 0. The molecule has 0 aliphatic rings. The second kappa shape index (κ2) is 2.48. The van der Waals surface area contributed by atoms with Crippen LogP contribution < -0.4 is 4.57 Å². The standard InChI is InChI=1S/C8H7IN2/c1-11-4-2-3-6-7(9)5-10-8(6)11/h2-5H,1H3/p+1. The number of aromatic amines is 1. The Bertz CT molecular complexity index is 392. The molecule has 3 heteroatoms. The van der Waals surface area contributed by atoms with E-state index in [1.807, 2.05) is 19.4 Å².